The summed E-state index contributed by atoms with van der Waals surface area (Å²) >= 11 is 6.07. The summed E-state index contributed by atoms with van der Waals surface area (Å²) in [5.74, 6) is 0.703. The average Bonchev–Trinajstić information content (AvgIpc) is 2.27. The molecule has 0 bridgehead atoms. The zero-order valence-corrected chi connectivity index (χ0v) is 11.8. The lowest BCUT2D eigenvalue weighted by molar-refractivity contribution is 0.573. The van der Waals surface area contributed by atoms with E-state index in [4.69, 9.17) is 17.3 Å². The van der Waals surface area contributed by atoms with E-state index >= 15 is 0 Å². The van der Waals surface area contributed by atoms with Crippen LogP contribution in [-0.2, 0) is 0 Å². The van der Waals surface area contributed by atoms with Crippen LogP contribution in [0.4, 0.5) is 5.69 Å². The van der Waals surface area contributed by atoms with Gasteiger partial charge in [-0.3, -0.25) is 0 Å². The van der Waals surface area contributed by atoms with E-state index in [0.29, 0.717) is 12.5 Å². The molecule has 1 aromatic carbocycles. The number of benzene rings is 1. The lowest BCUT2D eigenvalue weighted by Crippen LogP contribution is -2.31. The number of hydrogen-bond acceptors (Lipinski definition) is 2. The SMILES string of the molecule is Cc1ccc(Cl)cc1N(CCN)CCC(C)C. The van der Waals surface area contributed by atoms with Crippen LogP contribution in [0.15, 0.2) is 18.2 Å². The van der Waals surface area contributed by atoms with Crippen molar-refractivity contribution in [3.8, 4) is 0 Å². The minimum absolute atomic E-state index is 0.671. The van der Waals surface area contributed by atoms with Crippen LogP contribution < -0.4 is 10.6 Å². The van der Waals surface area contributed by atoms with E-state index in [1.165, 1.54) is 17.7 Å². The van der Waals surface area contributed by atoms with E-state index < -0.39 is 0 Å². The molecular weight excluding hydrogens is 232 g/mol. The summed E-state index contributed by atoms with van der Waals surface area (Å²) in [5.41, 5.74) is 8.15. The molecule has 2 nitrogen and oxygen atoms in total. The maximum atomic E-state index is 6.07. The molecule has 0 atom stereocenters. The van der Waals surface area contributed by atoms with Crippen molar-refractivity contribution >= 4 is 17.3 Å². The van der Waals surface area contributed by atoms with Gasteiger partial charge in [0.25, 0.3) is 0 Å². The molecule has 0 saturated carbocycles. The van der Waals surface area contributed by atoms with Crippen LogP contribution >= 0.6 is 11.6 Å². The molecule has 0 amide bonds. The standard InChI is InChI=1S/C14H23ClN2/c1-11(2)6-8-17(9-7-16)14-10-13(15)5-4-12(14)3/h4-5,10-11H,6-9,16H2,1-3H3. The van der Waals surface area contributed by atoms with Gasteiger partial charge in [0, 0.05) is 30.3 Å². The average molecular weight is 255 g/mol. The molecule has 0 spiro atoms. The van der Waals surface area contributed by atoms with Gasteiger partial charge < -0.3 is 10.6 Å². The molecule has 1 aromatic rings. The Bertz CT molecular complexity index is 350. The molecule has 0 aliphatic heterocycles. The molecule has 0 aromatic heterocycles. The highest BCUT2D eigenvalue weighted by Crippen LogP contribution is 2.24. The number of anilines is 1. The summed E-state index contributed by atoms with van der Waals surface area (Å²) in [4.78, 5) is 2.33. The summed E-state index contributed by atoms with van der Waals surface area (Å²) < 4.78 is 0. The molecule has 17 heavy (non-hydrogen) atoms. The van der Waals surface area contributed by atoms with Gasteiger partial charge in [-0.2, -0.15) is 0 Å². The minimum Gasteiger partial charge on any atom is -0.370 e. The number of nitrogens with two attached hydrogens (primary N) is 1. The zero-order valence-electron chi connectivity index (χ0n) is 11.0. The number of rotatable bonds is 6. The Balaban J connectivity index is 2.84. The second kappa shape index (κ2) is 6.87. The van der Waals surface area contributed by atoms with Gasteiger partial charge in [0.2, 0.25) is 0 Å². The van der Waals surface area contributed by atoms with Crippen molar-refractivity contribution in [2.24, 2.45) is 11.7 Å². The Kier molecular flexibility index (Phi) is 5.79. The second-order valence-corrected chi connectivity index (χ2v) is 5.33. The van der Waals surface area contributed by atoms with Crippen LogP contribution in [0.2, 0.25) is 5.02 Å². The van der Waals surface area contributed by atoms with Gasteiger partial charge in [-0.1, -0.05) is 31.5 Å². The van der Waals surface area contributed by atoms with Crippen molar-refractivity contribution in [3.05, 3.63) is 28.8 Å². The van der Waals surface area contributed by atoms with Crippen molar-refractivity contribution in [1.82, 2.24) is 0 Å². The highest BCUT2D eigenvalue weighted by molar-refractivity contribution is 6.30. The summed E-state index contributed by atoms with van der Waals surface area (Å²) in [6.07, 6.45) is 1.17. The maximum absolute atomic E-state index is 6.07. The Morgan fingerprint density at radius 2 is 2.00 bits per heavy atom. The summed E-state index contributed by atoms with van der Waals surface area (Å²) in [6.45, 7) is 9.19. The van der Waals surface area contributed by atoms with Crippen LogP contribution in [0.3, 0.4) is 0 Å². The number of halogens is 1. The predicted molar refractivity (Wildman–Crippen MR) is 76.9 cm³/mol. The van der Waals surface area contributed by atoms with Crippen molar-refractivity contribution in [1.29, 1.82) is 0 Å². The van der Waals surface area contributed by atoms with Crippen molar-refractivity contribution in [2.75, 3.05) is 24.5 Å². The fourth-order valence-electron chi connectivity index (χ4n) is 1.85. The molecule has 0 saturated heterocycles. The molecule has 1 rings (SSSR count). The van der Waals surface area contributed by atoms with E-state index in [9.17, 15) is 0 Å². The summed E-state index contributed by atoms with van der Waals surface area (Å²) in [7, 11) is 0. The number of aryl methyl sites for hydroxylation is 1. The molecule has 3 heteroatoms. The highest BCUT2D eigenvalue weighted by atomic mass is 35.5. The third-order valence-electron chi connectivity index (χ3n) is 2.89. The molecular formula is C14H23ClN2. The lowest BCUT2D eigenvalue weighted by atomic mass is 10.1. The summed E-state index contributed by atoms with van der Waals surface area (Å²) in [5, 5.41) is 0.789. The fraction of sp³-hybridized carbons (Fsp3) is 0.571. The van der Waals surface area contributed by atoms with Crippen LogP contribution in [0.5, 0.6) is 0 Å². The second-order valence-electron chi connectivity index (χ2n) is 4.89. The maximum Gasteiger partial charge on any atom is 0.0426 e. The Hall–Kier alpha value is -0.730. The van der Waals surface area contributed by atoms with Gasteiger partial charge in [0.15, 0.2) is 0 Å². The van der Waals surface area contributed by atoms with Gasteiger partial charge >= 0.3 is 0 Å². The zero-order chi connectivity index (χ0) is 12.8. The first-order valence-corrected chi connectivity index (χ1v) is 6.63. The van der Waals surface area contributed by atoms with E-state index in [-0.39, 0.29) is 0 Å². The predicted octanol–water partition coefficient (Wildman–Crippen LogP) is 3.46. The van der Waals surface area contributed by atoms with Gasteiger partial charge in [-0.05, 0) is 37.0 Å². The largest absolute Gasteiger partial charge is 0.370 e. The first-order chi connectivity index (χ1) is 8.04. The third-order valence-corrected chi connectivity index (χ3v) is 3.12. The molecule has 0 fully saturated rings. The molecule has 2 N–H and O–H groups in total. The van der Waals surface area contributed by atoms with Crippen LogP contribution in [0, 0.1) is 12.8 Å². The van der Waals surface area contributed by atoms with E-state index in [1.54, 1.807) is 0 Å². The van der Waals surface area contributed by atoms with E-state index in [1.807, 2.05) is 12.1 Å². The molecule has 0 heterocycles. The highest BCUT2D eigenvalue weighted by Gasteiger charge is 2.09. The van der Waals surface area contributed by atoms with Gasteiger partial charge in [-0.15, -0.1) is 0 Å². The lowest BCUT2D eigenvalue weighted by Gasteiger charge is -2.27. The third kappa shape index (κ3) is 4.57. The quantitative estimate of drug-likeness (QED) is 0.843. The van der Waals surface area contributed by atoms with Crippen LogP contribution in [-0.4, -0.2) is 19.6 Å². The topological polar surface area (TPSA) is 29.3 Å². The van der Waals surface area contributed by atoms with E-state index in [2.05, 4.69) is 31.7 Å². The Morgan fingerprint density at radius 1 is 1.29 bits per heavy atom. The van der Waals surface area contributed by atoms with Crippen molar-refractivity contribution < 1.29 is 0 Å². The monoisotopic (exact) mass is 254 g/mol. The fourth-order valence-corrected chi connectivity index (χ4v) is 2.01. The normalized spacial score (nSPS) is 10.9. The first-order valence-electron chi connectivity index (χ1n) is 6.25. The Labute approximate surface area is 110 Å². The van der Waals surface area contributed by atoms with Crippen LogP contribution in [0.1, 0.15) is 25.8 Å². The van der Waals surface area contributed by atoms with Gasteiger partial charge in [-0.25, -0.2) is 0 Å². The number of hydrogen-bond donors (Lipinski definition) is 1. The number of nitrogens with zero attached hydrogens (tertiary/aromatic N) is 1. The minimum atomic E-state index is 0.671. The van der Waals surface area contributed by atoms with E-state index in [0.717, 1.165) is 18.1 Å². The first kappa shape index (κ1) is 14.3. The van der Waals surface area contributed by atoms with Crippen LogP contribution in [0.25, 0.3) is 0 Å². The molecule has 96 valence electrons. The van der Waals surface area contributed by atoms with Gasteiger partial charge in [0.1, 0.15) is 0 Å². The molecule has 0 aliphatic carbocycles. The van der Waals surface area contributed by atoms with Crippen molar-refractivity contribution in [3.63, 3.8) is 0 Å². The molecule has 0 radical (unpaired) electrons. The van der Waals surface area contributed by atoms with Crippen molar-refractivity contribution in [2.45, 2.75) is 27.2 Å². The smallest absolute Gasteiger partial charge is 0.0426 e. The summed E-state index contributed by atoms with van der Waals surface area (Å²) in [6, 6.07) is 6.03. The molecule has 0 unspecified atom stereocenters. The molecule has 0 aliphatic rings. The Morgan fingerprint density at radius 3 is 2.59 bits per heavy atom. The van der Waals surface area contributed by atoms with Gasteiger partial charge in [0.05, 0.1) is 0 Å².